The molecule has 1 amide bonds. The lowest BCUT2D eigenvalue weighted by Crippen LogP contribution is -2.39. The zero-order valence-electron chi connectivity index (χ0n) is 14.6. The van der Waals surface area contributed by atoms with Gasteiger partial charge in [0.15, 0.2) is 0 Å². The Labute approximate surface area is 141 Å². The second-order valence-electron chi connectivity index (χ2n) is 5.85. The number of amides is 1. The lowest BCUT2D eigenvalue weighted by atomic mass is 10.1. The molecule has 0 unspecified atom stereocenters. The van der Waals surface area contributed by atoms with Crippen LogP contribution in [0.1, 0.15) is 71.1 Å². The molecule has 0 bridgehead atoms. The molecule has 130 valence electrons. The van der Waals surface area contributed by atoms with E-state index < -0.39 is 0 Å². The maximum atomic E-state index is 12.0. The molecule has 0 aliphatic rings. The molecule has 0 aromatic heterocycles. The smallest absolute Gasteiger partial charge is 0.236 e. The van der Waals surface area contributed by atoms with Gasteiger partial charge in [-0.25, -0.2) is 0 Å². The van der Waals surface area contributed by atoms with Crippen LogP contribution in [-0.2, 0) is 4.79 Å². The van der Waals surface area contributed by atoms with Gasteiger partial charge in [0, 0.05) is 13.1 Å². The number of nitriles is 2. The van der Waals surface area contributed by atoms with E-state index in [0.29, 0.717) is 32.5 Å². The van der Waals surface area contributed by atoms with Gasteiger partial charge in [0.1, 0.15) is 0 Å². The molecule has 0 rings (SSSR count). The van der Waals surface area contributed by atoms with Crippen LogP contribution in [0.15, 0.2) is 0 Å². The number of hydrogen-bond acceptors (Lipinski definition) is 4. The summed E-state index contributed by atoms with van der Waals surface area (Å²) in [6.07, 6.45) is 10.8. The summed E-state index contributed by atoms with van der Waals surface area (Å²) in [6.45, 7) is 4.21. The lowest BCUT2D eigenvalue weighted by molar-refractivity contribution is -0.130. The van der Waals surface area contributed by atoms with E-state index in [4.69, 9.17) is 10.5 Å². The van der Waals surface area contributed by atoms with Gasteiger partial charge in [-0.3, -0.25) is 4.79 Å². The minimum absolute atomic E-state index is 0.0185. The maximum Gasteiger partial charge on any atom is 0.236 e. The molecule has 23 heavy (non-hydrogen) atoms. The van der Waals surface area contributed by atoms with Gasteiger partial charge in [0.2, 0.25) is 5.91 Å². The van der Waals surface area contributed by atoms with Crippen molar-refractivity contribution in [1.82, 2.24) is 10.2 Å². The van der Waals surface area contributed by atoms with Gasteiger partial charge >= 0.3 is 0 Å². The van der Waals surface area contributed by atoms with Crippen LogP contribution in [-0.4, -0.2) is 37.0 Å². The highest BCUT2D eigenvalue weighted by Crippen LogP contribution is 2.07. The molecule has 0 aliphatic carbocycles. The van der Waals surface area contributed by atoms with Gasteiger partial charge in [-0.1, -0.05) is 51.9 Å². The number of hydrogen-bond donors (Lipinski definition) is 1. The van der Waals surface area contributed by atoms with Crippen molar-refractivity contribution in [3.63, 3.8) is 0 Å². The highest BCUT2D eigenvalue weighted by Gasteiger charge is 2.11. The fraction of sp³-hybridized carbons (Fsp3) is 0.833. The number of carbonyl (C=O) groups excluding carboxylic acids is 1. The predicted octanol–water partition coefficient (Wildman–Crippen LogP) is 3.37. The molecule has 0 aromatic rings. The van der Waals surface area contributed by atoms with E-state index in [1.54, 1.807) is 4.90 Å². The molecule has 5 heteroatoms. The van der Waals surface area contributed by atoms with Crippen molar-refractivity contribution >= 4 is 5.91 Å². The third kappa shape index (κ3) is 13.8. The predicted molar refractivity (Wildman–Crippen MR) is 92.5 cm³/mol. The molecule has 0 radical (unpaired) electrons. The molecule has 0 saturated heterocycles. The first kappa shape index (κ1) is 21.4. The average Bonchev–Trinajstić information content (AvgIpc) is 2.56. The largest absolute Gasteiger partial charge is 0.340 e. The standard InChI is InChI=1S/C18H32N4O/c1-2-3-4-5-6-7-8-9-14-21-17-18(23)22(15-10-12-19)16-11-13-20/h21H,2-11,14-17H2,1H3. The van der Waals surface area contributed by atoms with Crippen LogP contribution >= 0.6 is 0 Å². The number of nitrogens with zero attached hydrogens (tertiary/aromatic N) is 3. The Morgan fingerprint density at radius 3 is 1.96 bits per heavy atom. The van der Waals surface area contributed by atoms with E-state index in [9.17, 15) is 4.79 Å². The zero-order valence-corrected chi connectivity index (χ0v) is 14.6. The summed E-state index contributed by atoms with van der Waals surface area (Å²) in [5.41, 5.74) is 0. The maximum absolute atomic E-state index is 12.0. The van der Waals surface area contributed by atoms with Crippen molar-refractivity contribution in [3.05, 3.63) is 0 Å². The quantitative estimate of drug-likeness (QED) is 0.469. The van der Waals surface area contributed by atoms with Crippen LogP contribution in [0.2, 0.25) is 0 Å². The molecule has 0 aliphatic heterocycles. The van der Waals surface area contributed by atoms with E-state index in [2.05, 4.69) is 12.2 Å². The monoisotopic (exact) mass is 320 g/mol. The highest BCUT2D eigenvalue weighted by atomic mass is 16.2. The summed E-state index contributed by atoms with van der Waals surface area (Å²) in [6, 6.07) is 4.08. The van der Waals surface area contributed by atoms with E-state index in [-0.39, 0.29) is 5.91 Å². The third-order valence-electron chi connectivity index (χ3n) is 3.82. The van der Waals surface area contributed by atoms with Gasteiger partial charge in [0.05, 0.1) is 31.5 Å². The first-order chi connectivity index (χ1) is 11.3. The summed E-state index contributed by atoms with van der Waals surface area (Å²) >= 11 is 0. The van der Waals surface area contributed by atoms with Gasteiger partial charge in [-0.2, -0.15) is 10.5 Å². The van der Waals surface area contributed by atoms with E-state index >= 15 is 0 Å². The van der Waals surface area contributed by atoms with Crippen molar-refractivity contribution < 1.29 is 4.79 Å². The van der Waals surface area contributed by atoms with Gasteiger partial charge in [0.25, 0.3) is 0 Å². The van der Waals surface area contributed by atoms with E-state index in [1.165, 1.54) is 44.9 Å². The first-order valence-corrected chi connectivity index (χ1v) is 8.98. The Hall–Kier alpha value is -1.59. The van der Waals surface area contributed by atoms with Crippen molar-refractivity contribution in [2.45, 2.75) is 71.1 Å². The van der Waals surface area contributed by atoms with Crippen LogP contribution in [0, 0.1) is 22.7 Å². The number of nitrogens with one attached hydrogen (secondary N) is 1. The van der Waals surface area contributed by atoms with Crippen molar-refractivity contribution in [2.75, 3.05) is 26.2 Å². The van der Waals surface area contributed by atoms with E-state index in [1.807, 2.05) is 12.1 Å². The second kappa shape index (κ2) is 16.8. The highest BCUT2D eigenvalue weighted by molar-refractivity contribution is 5.78. The Kier molecular flexibility index (Phi) is 15.6. The molecule has 0 aromatic carbocycles. The van der Waals surface area contributed by atoms with Crippen LogP contribution < -0.4 is 5.32 Å². The van der Waals surface area contributed by atoms with Gasteiger partial charge < -0.3 is 10.2 Å². The number of carbonyl (C=O) groups is 1. The Morgan fingerprint density at radius 2 is 1.43 bits per heavy atom. The molecule has 1 N–H and O–H groups in total. The average molecular weight is 320 g/mol. The Balaban J connectivity index is 3.62. The lowest BCUT2D eigenvalue weighted by Gasteiger charge is -2.20. The normalized spacial score (nSPS) is 10.0. The molecule has 0 spiro atoms. The summed E-state index contributed by atoms with van der Waals surface area (Å²) in [4.78, 5) is 13.6. The minimum Gasteiger partial charge on any atom is -0.340 e. The van der Waals surface area contributed by atoms with Crippen molar-refractivity contribution in [1.29, 1.82) is 10.5 Å². The molecular weight excluding hydrogens is 288 g/mol. The number of rotatable bonds is 15. The Morgan fingerprint density at radius 1 is 0.913 bits per heavy atom. The zero-order chi connectivity index (χ0) is 17.2. The van der Waals surface area contributed by atoms with E-state index in [0.717, 1.165) is 13.0 Å². The topological polar surface area (TPSA) is 79.9 Å². The van der Waals surface area contributed by atoms with Crippen LogP contribution in [0.5, 0.6) is 0 Å². The summed E-state index contributed by atoms with van der Waals surface area (Å²) in [5.74, 6) is -0.0185. The molecule has 0 heterocycles. The molecule has 0 saturated carbocycles. The van der Waals surface area contributed by atoms with Crippen molar-refractivity contribution in [2.24, 2.45) is 0 Å². The van der Waals surface area contributed by atoms with Gasteiger partial charge in [-0.15, -0.1) is 0 Å². The summed E-state index contributed by atoms with van der Waals surface area (Å²) < 4.78 is 0. The Bertz CT molecular complexity index is 352. The van der Waals surface area contributed by atoms with Crippen LogP contribution in [0.4, 0.5) is 0 Å². The minimum atomic E-state index is -0.0185. The fourth-order valence-electron chi connectivity index (χ4n) is 2.42. The first-order valence-electron chi connectivity index (χ1n) is 8.98. The van der Waals surface area contributed by atoms with Crippen LogP contribution in [0.3, 0.4) is 0 Å². The molecule has 5 nitrogen and oxygen atoms in total. The van der Waals surface area contributed by atoms with Gasteiger partial charge in [-0.05, 0) is 13.0 Å². The second-order valence-corrected chi connectivity index (χ2v) is 5.85. The molecule has 0 atom stereocenters. The fourth-order valence-corrected chi connectivity index (χ4v) is 2.42. The third-order valence-corrected chi connectivity index (χ3v) is 3.82. The molecular formula is C18H32N4O. The SMILES string of the molecule is CCCCCCCCCCNCC(=O)N(CCC#N)CCC#N. The summed E-state index contributed by atoms with van der Waals surface area (Å²) in [7, 11) is 0. The molecule has 0 fully saturated rings. The number of unbranched alkanes of at least 4 members (excludes halogenated alkanes) is 7. The van der Waals surface area contributed by atoms with Crippen molar-refractivity contribution in [3.8, 4) is 12.1 Å². The summed E-state index contributed by atoms with van der Waals surface area (Å²) in [5, 5.41) is 20.4. The van der Waals surface area contributed by atoms with Crippen LogP contribution in [0.25, 0.3) is 0 Å².